The van der Waals surface area contributed by atoms with Crippen molar-refractivity contribution >= 4 is 0 Å². The topological polar surface area (TPSA) is 21.3 Å². The van der Waals surface area contributed by atoms with E-state index in [2.05, 4.69) is 39.9 Å². The fourth-order valence-corrected chi connectivity index (χ4v) is 2.40. The van der Waals surface area contributed by atoms with E-state index in [1.54, 1.807) is 0 Å². The van der Waals surface area contributed by atoms with Crippen molar-refractivity contribution in [1.29, 1.82) is 0 Å². The van der Waals surface area contributed by atoms with Crippen LogP contribution in [0.3, 0.4) is 0 Å². The Balaban J connectivity index is 4.46. The molecule has 0 radical (unpaired) electrons. The molecule has 0 rings (SSSR count). The highest BCUT2D eigenvalue weighted by molar-refractivity contribution is 4.82. The van der Waals surface area contributed by atoms with Gasteiger partial charge in [-0.05, 0) is 32.2 Å². The Hall–Kier alpha value is -0.0800. The van der Waals surface area contributed by atoms with Gasteiger partial charge in [-0.2, -0.15) is 0 Å². The normalized spacial score (nSPS) is 15.4. The number of ether oxygens (including phenoxy) is 1. The van der Waals surface area contributed by atoms with E-state index in [0.29, 0.717) is 12.1 Å². The molecule has 2 nitrogen and oxygen atoms in total. The zero-order valence-corrected chi connectivity index (χ0v) is 11.9. The lowest BCUT2D eigenvalue weighted by Gasteiger charge is -2.33. The summed E-state index contributed by atoms with van der Waals surface area (Å²) < 4.78 is 5.87. The first-order valence-corrected chi connectivity index (χ1v) is 7.09. The zero-order valence-electron chi connectivity index (χ0n) is 11.9. The van der Waals surface area contributed by atoms with Gasteiger partial charge in [0, 0.05) is 12.6 Å². The minimum atomic E-state index is 0.376. The van der Waals surface area contributed by atoms with E-state index in [9.17, 15) is 0 Å². The average Bonchev–Trinajstić information content (AvgIpc) is 2.32. The van der Waals surface area contributed by atoms with E-state index in [0.717, 1.165) is 25.5 Å². The molecular weight excluding hydrogens is 198 g/mol. The third-order valence-electron chi connectivity index (χ3n) is 3.37. The van der Waals surface area contributed by atoms with E-state index < -0.39 is 0 Å². The second kappa shape index (κ2) is 10.1. The molecule has 0 saturated heterocycles. The smallest absolute Gasteiger partial charge is 0.0727 e. The molecule has 0 aromatic carbocycles. The highest BCUT2D eigenvalue weighted by atomic mass is 16.5. The van der Waals surface area contributed by atoms with Crippen LogP contribution in [0, 0.1) is 5.92 Å². The van der Waals surface area contributed by atoms with Crippen LogP contribution in [0.4, 0.5) is 0 Å². The molecule has 2 atom stereocenters. The Labute approximate surface area is 102 Å². The molecule has 2 heteroatoms. The van der Waals surface area contributed by atoms with Gasteiger partial charge in [0.25, 0.3) is 0 Å². The van der Waals surface area contributed by atoms with Crippen molar-refractivity contribution in [2.45, 2.75) is 72.4 Å². The molecule has 0 spiro atoms. The molecule has 0 fully saturated rings. The zero-order chi connectivity index (χ0) is 12.4. The fourth-order valence-electron chi connectivity index (χ4n) is 2.40. The van der Waals surface area contributed by atoms with Crippen LogP contribution in [0.15, 0.2) is 0 Å². The van der Waals surface area contributed by atoms with Crippen LogP contribution in [0.25, 0.3) is 0 Å². The molecule has 0 saturated carbocycles. The molecule has 0 bridgehead atoms. The average molecular weight is 229 g/mol. The maximum absolute atomic E-state index is 5.87. The van der Waals surface area contributed by atoms with Crippen LogP contribution in [0.5, 0.6) is 0 Å². The third kappa shape index (κ3) is 5.31. The third-order valence-corrected chi connectivity index (χ3v) is 3.37. The monoisotopic (exact) mass is 229 g/mol. The molecule has 0 aliphatic carbocycles. The molecule has 98 valence electrons. The van der Waals surface area contributed by atoms with Crippen LogP contribution in [-0.4, -0.2) is 25.3 Å². The highest BCUT2D eigenvalue weighted by Gasteiger charge is 2.26. The van der Waals surface area contributed by atoms with Crippen LogP contribution in [-0.2, 0) is 4.74 Å². The Morgan fingerprint density at radius 2 is 1.56 bits per heavy atom. The second-order valence-corrected chi connectivity index (χ2v) is 4.46. The van der Waals surface area contributed by atoms with Crippen LogP contribution >= 0.6 is 0 Å². The number of rotatable bonds is 10. The van der Waals surface area contributed by atoms with Crippen molar-refractivity contribution in [1.82, 2.24) is 5.32 Å². The summed E-state index contributed by atoms with van der Waals surface area (Å²) in [5.74, 6) is 0.739. The van der Waals surface area contributed by atoms with Gasteiger partial charge >= 0.3 is 0 Å². The highest BCUT2D eigenvalue weighted by Crippen LogP contribution is 2.20. The molecule has 0 aromatic heterocycles. The first-order valence-electron chi connectivity index (χ1n) is 7.09. The van der Waals surface area contributed by atoms with Gasteiger partial charge in [0.15, 0.2) is 0 Å². The van der Waals surface area contributed by atoms with Gasteiger partial charge in [0.2, 0.25) is 0 Å². The SMILES string of the molecule is CCCNC(C(CC)CC)C(CC)OCC. The van der Waals surface area contributed by atoms with Gasteiger partial charge in [-0.3, -0.25) is 0 Å². The van der Waals surface area contributed by atoms with Crippen molar-refractivity contribution in [3.8, 4) is 0 Å². The first kappa shape index (κ1) is 15.9. The molecule has 0 amide bonds. The van der Waals surface area contributed by atoms with Crippen molar-refractivity contribution in [3.05, 3.63) is 0 Å². The van der Waals surface area contributed by atoms with E-state index >= 15 is 0 Å². The molecule has 16 heavy (non-hydrogen) atoms. The first-order chi connectivity index (χ1) is 7.74. The van der Waals surface area contributed by atoms with E-state index in [4.69, 9.17) is 4.74 Å². The molecule has 0 aliphatic rings. The van der Waals surface area contributed by atoms with Crippen LogP contribution < -0.4 is 5.32 Å². The molecule has 2 unspecified atom stereocenters. The van der Waals surface area contributed by atoms with Gasteiger partial charge in [0.1, 0.15) is 0 Å². The number of hydrogen-bond donors (Lipinski definition) is 1. The largest absolute Gasteiger partial charge is 0.377 e. The maximum atomic E-state index is 5.87. The second-order valence-electron chi connectivity index (χ2n) is 4.46. The van der Waals surface area contributed by atoms with E-state index in [1.165, 1.54) is 19.3 Å². The molecular formula is C14H31NO. The Kier molecular flexibility index (Phi) is 10.0. The lowest BCUT2D eigenvalue weighted by atomic mass is 9.89. The lowest BCUT2D eigenvalue weighted by Crippen LogP contribution is -2.46. The molecule has 0 aromatic rings. The Morgan fingerprint density at radius 1 is 0.938 bits per heavy atom. The fraction of sp³-hybridized carbons (Fsp3) is 1.00. The molecule has 0 heterocycles. The summed E-state index contributed by atoms with van der Waals surface area (Å²) in [4.78, 5) is 0. The molecule has 0 aliphatic heterocycles. The van der Waals surface area contributed by atoms with E-state index in [1.807, 2.05) is 0 Å². The van der Waals surface area contributed by atoms with Crippen molar-refractivity contribution in [3.63, 3.8) is 0 Å². The minimum absolute atomic E-state index is 0.376. The number of hydrogen-bond acceptors (Lipinski definition) is 2. The summed E-state index contributed by atoms with van der Waals surface area (Å²) in [6, 6.07) is 0.528. The van der Waals surface area contributed by atoms with Gasteiger partial charge in [-0.15, -0.1) is 0 Å². The maximum Gasteiger partial charge on any atom is 0.0727 e. The van der Waals surface area contributed by atoms with Crippen molar-refractivity contribution < 1.29 is 4.74 Å². The summed E-state index contributed by atoms with van der Waals surface area (Å²) in [5.41, 5.74) is 0. The summed E-state index contributed by atoms with van der Waals surface area (Å²) in [7, 11) is 0. The quantitative estimate of drug-likeness (QED) is 0.618. The summed E-state index contributed by atoms with van der Waals surface area (Å²) >= 11 is 0. The molecule has 1 N–H and O–H groups in total. The predicted octanol–water partition coefficient (Wildman–Crippen LogP) is 3.61. The Morgan fingerprint density at radius 3 is 1.94 bits per heavy atom. The lowest BCUT2D eigenvalue weighted by molar-refractivity contribution is 0.0137. The van der Waals surface area contributed by atoms with Crippen molar-refractivity contribution in [2.24, 2.45) is 5.92 Å². The minimum Gasteiger partial charge on any atom is -0.377 e. The summed E-state index contributed by atoms with van der Waals surface area (Å²) in [6.07, 6.45) is 5.15. The summed E-state index contributed by atoms with van der Waals surface area (Å²) in [6.45, 7) is 13.0. The Bertz CT molecular complexity index is 146. The summed E-state index contributed by atoms with van der Waals surface area (Å²) in [5, 5.41) is 3.68. The van der Waals surface area contributed by atoms with Gasteiger partial charge in [-0.1, -0.05) is 40.5 Å². The van der Waals surface area contributed by atoms with E-state index in [-0.39, 0.29) is 0 Å². The van der Waals surface area contributed by atoms with Gasteiger partial charge in [-0.25, -0.2) is 0 Å². The van der Waals surface area contributed by atoms with Crippen molar-refractivity contribution in [2.75, 3.05) is 13.2 Å². The standard InChI is InChI=1S/C14H31NO/c1-6-11-15-14(12(7-2)8-3)13(9-4)16-10-5/h12-15H,6-11H2,1-5H3. The number of nitrogens with one attached hydrogen (secondary N) is 1. The predicted molar refractivity (Wildman–Crippen MR) is 71.9 cm³/mol. The van der Waals surface area contributed by atoms with Gasteiger partial charge < -0.3 is 10.1 Å². The van der Waals surface area contributed by atoms with Crippen LogP contribution in [0.2, 0.25) is 0 Å². The van der Waals surface area contributed by atoms with Crippen LogP contribution in [0.1, 0.15) is 60.3 Å². The van der Waals surface area contributed by atoms with Gasteiger partial charge in [0.05, 0.1) is 6.10 Å².